The smallest absolute Gasteiger partial charge is 0.338 e. The van der Waals surface area contributed by atoms with Crippen LogP contribution in [0.25, 0.3) is 5.57 Å². The Morgan fingerprint density at radius 2 is 1.48 bits per heavy atom. The number of hydrogen-bond donors (Lipinski definition) is 0. The van der Waals surface area contributed by atoms with Crippen LogP contribution in [0.3, 0.4) is 0 Å². The molecule has 0 atom stereocenters. The fourth-order valence-electron chi connectivity index (χ4n) is 3.48. The zero-order valence-corrected chi connectivity index (χ0v) is 19.6. The number of benzene rings is 3. The van der Waals surface area contributed by atoms with Gasteiger partial charge in [-0.2, -0.15) is 0 Å². The van der Waals surface area contributed by atoms with Gasteiger partial charge < -0.3 is 18.9 Å². The molecule has 0 N–H and O–H groups in total. The molecule has 0 bridgehead atoms. The zero-order chi connectivity index (χ0) is 23.6. The SMILES string of the molecule is CC=C(C(=O)OC)c1ccccc1COc1cc(C)cc(OCCOc2ccccc2)c1C. The third-order valence-corrected chi connectivity index (χ3v) is 5.19. The highest BCUT2D eigenvalue weighted by Crippen LogP contribution is 2.31. The van der Waals surface area contributed by atoms with Gasteiger partial charge in [0, 0.05) is 5.56 Å². The van der Waals surface area contributed by atoms with Gasteiger partial charge in [-0.1, -0.05) is 48.5 Å². The van der Waals surface area contributed by atoms with Crippen LogP contribution in [-0.2, 0) is 16.1 Å². The van der Waals surface area contributed by atoms with Crippen LogP contribution in [0.15, 0.2) is 72.8 Å². The van der Waals surface area contributed by atoms with E-state index in [0.29, 0.717) is 25.4 Å². The molecule has 33 heavy (non-hydrogen) atoms. The Kier molecular flexibility index (Phi) is 8.53. The minimum atomic E-state index is -0.370. The Bertz CT molecular complexity index is 1100. The average molecular weight is 447 g/mol. The first-order chi connectivity index (χ1) is 16.0. The Hall–Kier alpha value is -3.73. The summed E-state index contributed by atoms with van der Waals surface area (Å²) in [6.07, 6.45) is 1.76. The lowest BCUT2D eigenvalue weighted by molar-refractivity contribution is -0.133. The predicted octanol–water partition coefficient (Wildman–Crippen LogP) is 5.92. The molecular weight excluding hydrogens is 416 g/mol. The highest BCUT2D eigenvalue weighted by Gasteiger charge is 2.16. The van der Waals surface area contributed by atoms with Crippen molar-refractivity contribution >= 4 is 11.5 Å². The van der Waals surface area contributed by atoms with Gasteiger partial charge in [0.25, 0.3) is 0 Å². The molecule has 0 saturated carbocycles. The summed E-state index contributed by atoms with van der Waals surface area (Å²) in [5, 5.41) is 0. The molecule has 0 saturated heterocycles. The topological polar surface area (TPSA) is 54.0 Å². The van der Waals surface area contributed by atoms with Crippen molar-refractivity contribution < 1.29 is 23.7 Å². The summed E-state index contributed by atoms with van der Waals surface area (Å²) >= 11 is 0. The zero-order valence-electron chi connectivity index (χ0n) is 19.6. The number of para-hydroxylation sites is 1. The fourth-order valence-corrected chi connectivity index (χ4v) is 3.48. The molecule has 0 amide bonds. The first-order valence-electron chi connectivity index (χ1n) is 10.9. The maximum atomic E-state index is 12.2. The van der Waals surface area contributed by atoms with Gasteiger partial charge >= 0.3 is 5.97 Å². The first-order valence-corrected chi connectivity index (χ1v) is 10.9. The van der Waals surface area contributed by atoms with Crippen LogP contribution >= 0.6 is 0 Å². The van der Waals surface area contributed by atoms with E-state index >= 15 is 0 Å². The first kappa shape index (κ1) is 23.9. The average Bonchev–Trinajstić information content (AvgIpc) is 2.84. The number of carbonyl (C=O) groups excluding carboxylic acids is 1. The Balaban J connectivity index is 1.69. The van der Waals surface area contributed by atoms with Crippen LogP contribution in [0.1, 0.15) is 29.2 Å². The van der Waals surface area contributed by atoms with Crippen molar-refractivity contribution in [1.29, 1.82) is 0 Å². The second-order valence-corrected chi connectivity index (χ2v) is 7.54. The molecule has 0 unspecified atom stereocenters. The quantitative estimate of drug-likeness (QED) is 0.220. The number of ether oxygens (including phenoxy) is 4. The van der Waals surface area contributed by atoms with Crippen molar-refractivity contribution in [3.8, 4) is 17.2 Å². The standard InChI is InChI=1S/C28H30O5/c1-5-24(28(29)30-4)25-14-10-9-11-22(25)19-33-27-18-20(2)17-26(21(27)3)32-16-15-31-23-12-7-6-8-13-23/h5-14,17-18H,15-16,19H2,1-4H3. The molecule has 5 nitrogen and oxygen atoms in total. The molecule has 0 aliphatic carbocycles. The second-order valence-electron chi connectivity index (χ2n) is 7.54. The van der Waals surface area contributed by atoms with Crippen LogP contribution in [0, 0.1) is 13.8 Å². The molecule has 3 rings (SSSR count). The van der Waals surface area contributed by atoms with Crippen molar-refractivity contribution in [3.05, 3.63) is 95.1 Å². The minimum Gasteiger partial charge on any atom is -0.490 e. The molecule has 5 heteroatoms. The second kappa shape index (κ2) is 11.8. The Morgan fingerprint density at radius 3 is 2.18 bits per heavy atom. The van der Waals surface area contributed by atoms with Crippen LogP contribution < -0.4 is 14.2 Å². The van der Waals surface area contributed by atoms with Crippen LogP contribution in [-0.4, -0.2) is 26.3 Å². The van der Waals surface area contributed by atoms with E-state index in [-0.39, 0.29) is 5.97 Å². The van der Waals surface area contributed by atoms with Gasteiger partial charge in [-0.25, -0.2) is 4.79 Å². The lowest BCUT2D eigenvalue weighted by Gasteiger charge is -2.17. The van der Waals surface area contributed by atoms with Gasteiger partial charge in [-0.05, 0) is 61.7 Å². The summed E-state index contributed by atoms with van der Waals surface area (Å²) in [4.78, 5) is 12.2. The highest BCUT2D eigenvalue weighted by molar-refractivity contribution is 6.16. The third kappa shape index (κ3) is 6.39. The number of allylic oxidation sites excluding steroid dienone is 1. The highest BCUT2D eigenvalue weighted by atomic mass is 16.5. The maximum absolute atomic E-state index is 12.2. The Labute approximate surface area is 195 Å². The van der Waals surface area contributed by atoms with Crippen molar-refractivity contribution in [2.75, 3.05) is 20.3 Å². The molecule has 0 aliphatic rings. The van der Waals surface area contributed by atoms with Crippen molar-refractivity contribution in [3.63, 3.8) is 0 Å². The molecule has 0 spiro atoms. The molecule has 172 valence electrons. The van der Waals surface area contributed by atoms with Crippen molar-refractivity contribution in [2.24, 2.45) is 0 Å². The normalized spacial score (nSPS) is 11.1. The molecule has 0 aromatic heterocycles. The van der Waals surface area contributed by atoms with Gasteiger partial charge in [0.2, 0.25) is 0 Å². The van der Waals surface area contributed by atoms with E-state index in [1.807, 2.05) is 87.5 Å². The molecule has 0 radical (unpaired) electrons. The van der Waals surface area contributed by atoms with Gasteiger partial charge in [0.05, 0.1) is 12.7 Å². The van der Waals surface area contributed by atoms with Crippen LogP contribution in [0.5, 0.6) is 17.2 Å². The molecule has 0 heterocycles. The number of hydrogen-bond acceptors (Lipinski definition) is 5. The number of carbonyl (C=O) groups is 1. The number of rotatable bonds is 10. The lowest BCUT2D eigenvalue weighted by Crippen LogP contribution is -2.10. The summed E-state index contributed by atoms with van der Waals surface area (Å²) in [5.74, 6) is 1.95. The van der Waals surface area contributed by atoms with Gasteiger partial charge in [-0.15, -0.1) is 0 Å². The van der Waals surface area contributed by atoms with E-state index in [9.17, 15) is 4.79 Å². The molecule has 0 aliphatic heterocycles. The fraction of sp³-hybridized carbons (Fsp3) is 0.250. The molecular formula is C28H30O5. The van der Waals surface area contributed by atoms with Gasteiger partial charge in [0.15, 0.2) is 0 Å². The van der Waals surface area contributed by atoms with Gasteiger partial charge in [-0.3, -0.25) is 0 Å². The monoisotopic (exact) mass is 446 g/mol. The van der Waals surface area contributed by atoms with Crippen molar-refractivity contribution in [1.82, 2.24) is 0 Å². The van der Waals surface area contributed by atoms with Crippen LogP contribution in [0.2, 0.25) is 0 Å². The van der Waals surface area contributed by atoms with E-state index in [0.717, 1.165) is 39.5 Å². The number of methoxy groups -OCH3 is 1. The molecule has 0 fully saturated rings. The lowest BCUT2D eigenvalue weighted by atomic mass is 10.00. The van der Waals surface area contributed by atoms with Crippen molar-refractivity contribution in [2.45, 2.75) is 27.4 Å². The third-order valence-electron chi connectivity index (χ3n) is 5.19. The summed E-state index contributed by atoms with van der Waals surface area (Å²) in [6, 6.07) is 21.3. The Morgan fingerprint density at radius 1 is 0.848 bits per heavy atom. The van der Waals surface area contributed by atoms with E-state index in [2.05, 4.69) is 0 Å². The number of aryl methyl sites for hydroxylation is 1. The van der Waals surface area contributed by atoms with Crippen LogP contribution in [0.4, 0.5) is 0 Å². The molecule has 3 aromatic rings. The van der Waals surface area contributed by atoms with E-state index in [1.54, 1.807) is 6.08 Å². The minimum absolute atomic E-state index is 0.311. The summed E-state index contributed by atoms with van der Waals surface area (Å²) in [6.45, 7) is 6.97. The maximum Gasteiger partial charge on any atom is 0.338 e. The largest absolute Gasteiger partial charge is 0.490 e. The molecule has 3 aromatic carbocycles. The summed E-state index contributed by atoms with van der Waals surface area (Å²) < 4.78 is 22.8. The van der Waals surface area contributed by atoms with E-state index < -0.39 is 0 Å². The predicted molar refractivity (Wildman–Crippen MR) is 130 cm³/mol. The van der Waals surface area contributed by atoms with E-state index in [4.69, 9.17) is 18.9 Å². The van der Waals surface area contributed by atoms with Gasteiger partial charge in [0.1, 0.15) is 37.1 Å². The van der Waals surface area contributed by atoms with E-state index in [1.165, 1.54) is 7.11 Å². The summed E-state index contributed by atoms with van der Waals surface area (Å²) in [5.41, 5.74) is 4.16. The number of esters is 1. The summed E-state index contributed by atoms with van der Waals surface area (Å²) in [7, 11) is 1.38.